The Labute approximate surface area is 119 Å². The van der Waals surface area contributed by atoms with Crippen molar-refractivity contribution in [3.63, 3.8) is 0 Å². The predicted molar refractivity (Wildman–Crippen MR) is 78.1 cm³/mol. The summed E-state index contributed by atoms with van der Waals surface area (Å²) in [5.41, 5.74) is 2.29. The van der Waals surface area contributed by atoms with E-state index in [9.17, 15) is 4.79 Å². The number of hydrogen-bond donors (Lipinski definition) is 0. The van der Waals surface area contributed by atoms with E-state index in [1.54, 1.807) is 0 Å². The van der Waals surface area contributed by atoms with Crippen LogP contribution in [0.4, 0.5) is 0 Å². The van der Waals surface area contributed by atoms with Crippen LogP contribution in [-0.4, -0.2) is 5.97 Å². The Morgan fingerprint density at radius 2 is 1.60 bits per heavy atom. The zero-order chi connectivity index (χ0) is 13.8. The van der Waals surface area contributed by atoms with Crippen LogP contribution >= 0.6 is 0 Å². The number of rotatable bonds is 4. The minimum atomic E-state index is -0.0612. The molecule has 0 amide bonds. The molecule has 0 N–H and O–H groups in total. The number of ether oxygens (including phenoxy) is 1. The van der Waals surface area contributed by atoms with Gasteiger partial charge in [0.25, 0.3) is 0 Å². The first-order valence-electron chi connectivity index (χ1n) is 7.10. The molecule has 0 aromatic heterocycles. The van der Waals surface area contributed by atoms with Crippen LogP contribution in [-0.2, 0) is 16.1 Å². The lowest BCUT2D eigenvalue weighted by atomic mass is 9.70. The van der Waals surface area contributed by atoms with Crippen molar-refractivity contribution in [3.8, 4) is 0 Å². The molecule has 1 saturated carbocycles. The lowest BCUT2D eigenvalue weighted by molar-refractivity contribution is -0.154. The molecule has 1 aliphatic rings. The molecule has 0 spiro atoms. The molecule has 2 atom stereocenters. The van der Waals surface area contributed by atoms with E-state index >= 15 is 0 Å². The van der Waals surface area contributed by atoms with Crippen molar-refractivity contribution < 1.29 is 9.53 Å². The van der Waals surface area contributed by atoms with Crippen LogP contribution in [0.15, 0.2) is 60.7 Å². The van der Waals surface area contributed by atoms with Gasteiger partial charge in [-0.3, -0.25) is 4.79 Å². The summed E-state index contributed by atoms with van der Waals surface area (Å²) in [4.78, 5) is 12.2. The quantitative estimate of drug-likeness (QED) is 0.784. The van der Waals surface area contributed by atoms with Gasteiger partial charge < -0.3 is 4.74 Å². The second-order valence-electron chi connectivity index (χ2n) is 5.29. The van der Waals surface area contributed by atoms with E-state index in [1.165, 1.54) is 5.56 Å². The Morgan fingerprint density at radius 3 is 2.20 bits per heavy atom. The van der Waals surface area contributed by atoms with Gasteiger partial charge in [0.1, 0.15) is 6.61 Å². The van der Waals surface area contributed by atoms with Crippen LogP contribution in [0, 0.1) is 5.92 Å². The van der Waals surface area contributed by atoms with E-state index < -0.39 is 0 Å². The fourth-order valence-corrected chi connectivity index (χ4v) is 2.72. The van der Waals surface area contributed by atoms with Crippen LogP contribution in [0.5, 0.6) is 0 Å². The monoisotopic (exact) mass is 266 g/mol. The normalized spacial score (nSPS) is 21.0. The molecule has 2 nitrogen and oxygen atoms in total. The largest absolute Gasteiger partial charge is 0.461 e. The molecule has 0 heterocycles. The predicted octanol–water partition coefficient (Wildman–Crippen LogP) is 3.92. The fourth-order valence-electron chi connectivity index (χ4n) is 2.72. The van der Waals surface area contributed by atoms with Crippen LogP contribution < -0.4 is 0 Å². The molecule has 0 bridgehead atoms. The van der Waals surface area contributed by atoms with Crippen molar-refractivity contribution in [3.05, 3.63) is 71.8 Å². The van der Waals surface area contributed by atoms with E-state index in [0.29, 0.717) is 12.5 Å². The maximum Gasteiger partial charge on any atom is 0.309 e. The molecule has 2 aromatic carbocycles. The molecule has 1 unspecified atom stereocenters. The van der Waals surface area contributed by atoms with Crippen LogP contribution in [0.1, 0.15) is 29.9 Å². The summed E-state index contributed by atoms with van der Waals surface area (Å²) in [5, 5.41) is 0. The summed E-state index contributed by atoms with van der Waals surface area (Å²) in [7, 11) is 0. The number of benzene rings is 2. The summed E-state index contributed by atoms with van der Waals surface area (Å²) >= 11 is 0. The molecule has 20 heavy (non-hydrogen) atoms. The van der Waals surface area contributed by atoms with Gasteiger partial charge in [0.15, 0.2) is 0 Å². The fraction of sp³-hybridized carbons (Fsp3) is 0.278. The molecule has 3 rings (SSSR count). The van der Waals surface area contributed by atoms with Crippen molar-refractivity contribution >= 4 is 5.97 Å². The molecule has 0 saturated heterocycles. The first kappa shape index (κ1) is 12.9. The molecule has 0 radical (unpaired) electrons. The summed E-state index contributed by atoms with van der Waals surface area (Å²) in [6, 6.07) is 20.1. The number of hydrogen-bond acceptors (Lipinski definition) is 2. The van der Waals surface area contributed by atoms with Gasteiger partial charge in [-0.1, -0.05) is 60.7 Å². The third-order valence-electron chi connectivity index (χ3n) is 4.03. The molecule has 102 valence electrons. The Kier molecular flexibility index (Phi) is 3.82. The van der Waals surface area contributed by atoms with Crippen LogP contribution in [0.25, 0.3) is 0 Å². The zero-order valence-electron chi connectivity index (χ0n) is 11.4. The second-order valence-corrected chi connectivity index (χ2v) is 5.29. The lowest BCUT2D eigenvalue weighted by Crippen LogP contribution is -2.32. The standard InChI is InChI=1S/C18H18O2/c19-18(20-13-14-7-3-1-4-8-14)17-12-11-16(17)15-9-5-2-6-10-15/h1-10,16-17H,11-13H2/t16-,17?/m0/s1. The highest BCUT2D eigenvalue weighted by molar-refractivity contribution is 5.75. The molecule has 1 fully saturated rings. The van der Waals surface area contributed by atoms with E-state index in [2.05, 4.69) is 12.1 Å². The van der Waals surface area contributed by atoms with Crippen LogP contribution in [0.3, 0.4) is 0 Å². The minimum Gasteiger partial charge on any atom is -0.461 e. The van der Waals surface area contributed by atoms with Gasteiger partial charge >= 0.3 is 5.97 Å². The summed E-state index contributed by atoms with van der Waals surface area (Å²) in [6.07, 6.45) is 2.02. The van der Waals surface area contributed by atoms with Gasteiger partial charge in [-0.25, -0.2) is 0 Å². The summed E-state index contributed by atoms with van der Waals surface area (Å²) in [5.74, 6) is 0.301. The lowest BCUT2D eigenvalue weighted by Gasteiger charge is -2.35. The van der Waals surface area contributed by atoms with Crippen molar-refractivity contribution in [1.82, 2.24) is 0 Å². The molecule has 1 aliphatic carbocycles. The summed E-state index contributed by atoms with van der Waals surface area (Å²) < 4.78 is 5.44. The smallest absolute Gasteiger partial charge is 0.309 e. The SMILES string of the molecule is O=C(OCc1ccccc1)C1CC[C@H]1c1ccccc1. The van der Waals surface area contributed by atoms with Gasteiger partial charge in [-0.05, 0) is 29.9 Å². The van der Waals surface area contributed by atoms with E-state index in [4.69, 9.17) is 4.74 Å². The third kappa shape index (κ3) is 2.74. The average molecular weight is 266 g/mol. The maximum atomic E-state index is 12.2. The Balaban J connectivity index is 1.58. The van der Waals surface area contributed by atoms with E-state index in [0.717, 1.165) is 18.4 Å². The van der Waals surface area contributed by atoms with Crippen molar-refractivity contribution in [2.75, 3.05) is 0 Å². The Hall–Kier alpha value is -2.09. The highest BCUT2D eigenvalue weighted by Crippen LogP contribution is 2.43. The van der Waals surface area contributed by atoms with E-state index in [-0.39, 0.29) is 11.9 Å². The third-order valence-corrected chi connectivity index (χ3v) is 4.03. The highest BCUT2D eigenvalue weighted by atomic mass is 16.5. The second kappa shape index (κ2) is 5.91. The van der Waals surface area contributed by atoms with E-state index in [1.807, 2.05) is 48.5 Å². The zero-order valence-corrected chi connectivity index (χ0v) is 11.4. The molecule has 0 aliphatic heterocycles. The maximum absolute atomic E-state index is 12.2. The molecule has 2 aromatic rings. The average Bonchev–Trinajstić information content (AvgIpc) is 2.46. The number of carbonyl (C=O) groups is 1. The Bertz CT molecular complexity index is 562. The molecule has 2 heteroatoms. The van der Waals surface area contributed by atoms with Gasteiger partial charge in [-0.15, -0.1) is 0 Å². The molecular formula is C18H18O2. The van der Waals surface area contributed by atoms with Gasteiger partial charge in [0.2, 0.25) is 0 Å². The van der Waals surface area contributed by atoms with Crippen molar-refractivity contribution in [2.45, 2.75) is 25.4 Å². The van der Waals surface area contributed by atoms with Crippen molar-refractivity contribution in [2.24, 2.45) is 5.92 Å². The minimum absolute atomic E-state index is 0.0288. The Morgan fingerprint density at radius 1 is 0.950 bits per heavy atom. The first-order valence-corrected chi connectivity index (χ1v) is 7.10. The van der Waals surface area contributed by atoms with Gasteiger partial charge in [0, 0.05) is 0 Å². The van der Waals surface area contributed by atoms with Crippen LogP contribution in [0.2, 0.25) is 0 Å². The van der Waals surface area contributed by atoms with Gasteiger partial charge in [-0.2, -0.15) is 0 Å². The highest BCUT2D eigenvalue weighted by Gasteiger charge is 2.38. The topological polar surface area (TPSA) is 26.3 Å². The summed E-state index contributed by atoms with van der Waals surface area (Å²) in [6.45, 7) is 0.373. The van der Waals surface area contributed by atoms with Crippen molar-refractivity contribution in [1.29, 1.82) is 0 Å². The number of esters is 1. The first-order chi connectivity index (χ1) is 9.84. The van der Waals surface area contributed by atoms with Gasteiger partial charge in [0.05, 0.1) is 5.92 Å². The molecular weight excluding hydrogens is 248 g/mol. The number of carbonyl (C=O) groups excluding carboxylic acids is 1.